The van der Waals surface area contributed by atoms with E-state index in [-0.39, 0.29) is 5.60 Å². The maximum atomic E-state index is 7.56. The van der Waals surface area contributed by atoms with Crippen molar-refractivity contribution in [1.29, 1.82) is 0 Å². The van der Waals surface area contributed by atoms with Crippen molar-refractivity contribution in [3.8, 4) is 5.75 Å². The van der Waals surface area contributed by atoms with Gasteiger partial charge in [-0.2, -0.15) is 0 Å². The van der Waals surface area contributed by atoms with Gasteiger partial charge in [0.2, 0.25) is 0 Å². The Morgan fingerprint density at radius 2 is 1.33 bits per heavy atom. The highest BCUT2D eigenvalue weighted by atomic mass is 35.5. The van der Waals surface area contributed by atoms with Crippen LogP contribution >= 0.6 is 25.0 Å². The Hall–Kier alpha value is 0.370. The van der Waals surface area contributed by atoms with Gasteiger partial charge >= 0.3 is 13.4 Å². The molecule has 0 unspecified atom stereocenters. The summed E-state index contributed by atoms with van der Waals surface area (Å²) in [5.41, 5.74) is 1.15. The van der Waals surface area contributed by atoms with Gasteiger partial charge in [0, 0.05) is 11.4 Å². The van der Waals surface area contributed by atoms with Gasteiger partial charge in [0.15, 0.2) is 0 Å². The summed E-state index contributed by atoms with van der Waals surface area (Å²) in [5, 5.41) is 0.787. The highest BCUT2D eigenvalue weighted by molar-refractivity contribution is 8.06. The third kappa shape index (κ3) is 28.7. The second-order valence-corrected chi connectivity index (χ2v) is 11.0. The maximum absolute atomic E-state index is 7.56. The fourth-order valence-corrected chi connectivity index (χ4v) is 1.77. The molecule has 0 spiro atoms. The zero-order chi connectivity index (χ0) is 22.5. The quantitative estimate of drug-likeness (QED) is 0.304. The van der Waals surface area contributed by atoms with Crippen molar-refractivity contribution in [3.63, 3.8) is 0 Å². The lowest BCUT2D eigenvalue weighted by Crippen LogP contribution is -2.24. The van der Waals surface area contributed by atoms with E-state index in [2.05, 4.69) is 51.3 Å². The lowest BCUT2D eigenvalue weighted by molar-refractivity contribution is 0.138. The molecule has 0 amide bonds. The average Bonchev–Trinajstić information content (AvgIpc) is 2.71. The van der Waals surface area contributed by atoms with Crippen LogP contribution in [-0.4, -0.2) is 35.0 Å². The van der Waals surface area contributed by atoms with E-state index in [0.717, 1.165) is 17.2 Å². The number of rotatable bonds is 0. The molecule has 0 saturated carbocycles. The molecule has 1 heterocycles. The topological polar surface area (TPSA) is 131 Å². The summed E-state index contributed by atoms with van der Waals surface area (Å²) >= 11 is 13.1. The molecule has 162 valence electrons. The Labute approximate surface area is 177 Å². The third-order valence-electron chi connectivity index (χ3n) is 2.02. The number of hydrogen-bond donors (Lipinski definition) is 6. The van der Waals surface area contributed by atoms with E-state index in [0.29, 0.717) is 0 Å². The Bertz CT molecular complexity index is 582. The van der Waals surface area contributed by atoms with Crippen LogP contribution in [0.3, 0.4) is 0 Å². The van der Waals surface area contributed by atoms with Crippen molar-refractivity contribution in [2.24, 2.45) is 0 Å². The molecule has 27 heavy (non-hydrogen) atoms. The minimum Gasteiger partial charge on any atom is -0.487 e. The van der Waals surface area contributed by atoms with Crippen molar-refractivity contribution in [1.82, 2.24) is 0 Å². The Morgan fingerprint density at radius 3 is 1.67 bits per heavy atom. The Kier molecular flexibility index (Phi) is 18.1. The van der Waals surface area contributed by atoms with Gasteiger partial charge in [-0.05, 0) is 61.2 Å². The molecule has 0 fully saturated rings. The molecular weight excluding hydrogens is 454 g/mol. The molecular formula is C15H31ClO7P2S2. The monoisotopic (exact) mass is 484 g/mol. The molecule has 0 bridgehead atoms. The smallest absolute Gasteiger partial charge is 0.319 e. The molecule has 0 radical (unpaired) electrons. The highest BCUT2D eigenvalue weighted by Crippen LogP contribution is 2.35. The first kappa shape index (κ1) is 32.0. The van der Waals surface area contributed by atoms with Crippen molar-refractivity contribution >= 4 is 48.7 Å². The van der Waals surface area contributed by atoms with E-state index in [1.54, 1.807) is 0 Å². The van der Waals surface area contributed by atoms with E-state index >= 15 is 0 Å². The predicted octanol–water partition coefficient (Wildman–Crippen LogP) is 3.87. The number of halogens is 1. The molecule has 6 N–H and O–H groups in total. The normalized spacial score (nSPS) is 13.5. The van der Waals surface area contributed by atoms with Crippen LogP contribution in [0.25, 0.3) is 0 Å². The number of hydrogen-bond acceptors (Lipinski definition) is 3. The minimum atomic E-state index is -3.81. The van der Waals surface area contributed by atoms with Crippen LogP contribution < -0.4 is 4.74 Å². The summed E-state index contributed by atoms with van der Waals surface area (Å²) in [6.45, 7) is 4.81. The highest BCUT2D eigenvalue weighted by Gasteiger charge is 2.29. The van der Waals surface area contributed by atoms with Crippen LogP contribution in [-0.2, 0) is 30.0 Å². The molecule has 12 heteroatoms. The van der Waals surface area contributed by atoms with Gasteiger partial charge in [0.05, 0.1) is 0 Å². The molecule has 0 aromatic heterocycles. The third-order valence-corrected chi connectivity index (χ3v) is 2.26. The van der Waals surface area contributed by atoms with Gasteiger partial charge in [0.25, 0.3) is 0 Å². The van der Waals surface area contributed by atoms with Crippen LogP contribution in [0.4, 0.5) is 0 Å². The van der Waals surface area contributed by atoms with Gasteiger partial charge < -0.3 is 34.1 Å². The van der Waals surface area contributed by atoms with Crippen LogP contribution in [0.5, 0.6) is 5.75 Å². The largest absolute Gasteiger partial charge is 0.487 e. The second kappa shape index (κ2) is 15.2. The number of benzene rings is 1. The summed E-state index contributed by atoms with van der Waals surface area (Å²) in [4.78, 5) is 45.3. The van der Waals surface area contributed by atoms with Gasteiger partial charge in [-0.3, -0.25) is 0 Å². The predicted molar refractivity (Wildman–Crippen MR) is 119 cm³/mol. The second-order valence-electron chi connectivity index (χ2n) is 5.52. The van der Waals surface area contributed by atoms with E-state index in [4.69, 9.17) is 45.7 Å². The molecule has 0 atom stereocenters. The lowest BCUT2D eigenvalue weighted by atomic mass is 10.0. The van der Waals surface area contributed by atoms with Crippen LogP contribution in [0, 0.1) is 0 Å². The van der Waals surface area contributed by atoms with Crippen LogP contribution in [0.1, 0.15) is 53.5 Å². The molecule has 1 aromatic rings. The van der Waals surface area contributed by atoms with Gasteiger partial charge in [0.1, 0.15) is 11.4 Å². The minimum absolute atomic E-state index is 0.0625. The van der Waals surface area contributed by atoms with E-state index in [9.17, 15) is 0 Å². The lowest BCUT2D eigenvalue weighted by Gasteiger charge is -2.16. The number of fused-ring (bicyclic) bond motifs is 1. The first-order valence-corrected chi connectivity index (χ1v) is 13.7. The zero-order valence-corrected chi connectivity index (χ0v) is 20.5. The van der Waals surface area contributed by atoms with Crippen molar-refractivity contribution in [2.45, 2.75) is 60.0 Å². The molecule has 1 aromatic carbocycles. The fraction of sp³-hybridized carbons (Fsp3) is 0.600. The van der Waals surface area contributed by atoms with Gasteiger partial charge in [-0.1, -0.05) is 45.7 Å². The van der Waals surface area contributed by atoms with Crippen molar-refractivity contribution in [3.05, 3.63) is 28.8 Å². The van der Waals surface area contributed by atoms with Crippen molar-refractivity contribution < 1.29 is 34.1 Å². The van der Waals surface area contributed by atoms with E-state index < -0.39 is 13.4 Å². The molecule has 0 aliphatic carbocycles. The summed E-state index contributed by atoms with van der Waals surface area (Å²) < 4.78 is 5.69. The van der Waals surface area contributed by atoms with Gasteiger partial charge in [-0.15, -0.1) is 0 Å². The molecule has 1 aliphatic heterocycles. The Balaban J connectivity index is -0.000000325. The van der Waals surface area contributed by atoms with Gasteiger partial charge in [-0.25, -0.2) is 0 Å². The molecule has 7 nitrogen and oxygen atoms in total. The molecule has 0 saturated heterocycles. The first-order valence-electron chi connectivity index (χ1n) is 8.02. The summed E-state index contributed by atoms with van der Waals surface area (Å²) in [6.07, 6.45) is 2.20. The summed E-state index contributed by atoms with van der Waals surface area (Å²) in [5.74, 6) is 0.976. The number of ether oxygens (including phenoxy) is 1. The van der Waals surface area contributed by atoms with E-state index in [1.807, 2.05) is 32.0 Å². The zero-order valence-electron chi connectivity index (χ0n) is 16.3. The van der Waals surface area contributed by atoms with Crippen LogP contribution in [0.15, 0.2) is 18.2 Å². The SMILES string of the molecule is CC.CC1(C)Cc2cc(Cl)ccc2O1.CCC.OP(O)(O)=S.OP(O)(O)=S. The average molecular weight is 485 g/mol. The fourth-order valence-electron chi connectivity index (χ4n) is 1.58. The standard InChI is InChI=1S/C10H11ClO.C3H8.C2H6.2H3O3PS/c1-10(2)6-7-5-8(11)3-4-9(7)12-10;1-3-2;1-2;2*1-4(2,3)5/h3-5H,6H2,1-2H3;3H2,1-2H3;1-2H3;2*(H3,1,2,3,5). The first-order chi connectivity index (χ1) is 12.0. The van der Waals surface area contributed by atoms with Crippen molar-refractivity contribution in [2.75, 3.05) is 0 Å². The molecule has 2 rings (SSSR count). The summed E-state index contributed by atoms with van der Waals surface area (Å²) in [6, 6.07) is 5.78. The summed E-state index contributed by atoms with van der Waals surface area (Å²) in [7, 11) is 0. The van der Waals surface area contributed by atoms with Crippen LogP contribution in [0.2, 0.25) is 5.02 Å². The molecule has 1 aliphatic rings. The van der Waals surface area contributed by atoms with E-state index in [1.165, 1.54) is 12.0 Å². The maximum Gasteiger partial charge on any atom is 0.319 e. The Morgan fingerprint density at radius 1 is 1.00 bits per heavy atom.